The molecular weight excluding hydrogens is 210 g/mol. The van der Waals surface area contributed by atoms with Gasteiger partial charge < -0.3 is 5.32 Å². The Hall–Kier alpha value is -0.370. The summed E-state index contributed by atoms with van der Waals surface area (Å²) in [5, 5.41) is 3.58. The normalized spacial score (nSPS) is 32.8. The summed E-state index contributed by atoms with van der Waals surface area (Å²) >= 11 is 0. The van der Waals surface area contributed by atoms with Gasteiger partial charge in [0.2, 0.25) is 0 Å². The SMILES string of the molecule is CC(C)CCCC(=O)C1CC2CCCCC2N1. The first-order valence-corrected chi connectivity index (χ1v) is 7.45. The lowest BCUT2D eigenvalue weighted by Crippen LogP contribution is -2.37. The first-order valence-electron chi connectivity index (χ1n) is 7.45. The van der Waals surface area contributed by atoms with Crippen molar-refractivity contribution in [2.75, 3.05) is 0 Å². The second kappa shape index (κ2) is 5.99. The van der Waals surface area contributed by atoms with Gasteiger partial charge in [0.05, 0.1) is 6.04 Å². The van der Waals surface area contributed by atoms with Crippen molar-refractivity contribution in [2.24, 2.45) is 11.8 Å². The van der Waals surface area contributed by atoms with Crippen molar-refractivity contribution >= 4 is 5.78 Å². The molecule has 0 bridgehead atoms. The fraction of sp³-hybridized carbons (Fsp3) is 0.933. The zero-order valence-corrected chi connectivity index (χ0v) is 11.4. The van der Waals surface area contributed by atoms with Crippen LogP contribution in [0.2, 0.25) is 0 Å². The van der Waals surface area contributed by atoms with E-state index in [9.17, 15) is 4.79 Å². The Morgan fingerprint density at radius 2 is 2.06 bits per heavy atom. The summed E-state index contributed by atoms with van der Waals surface area (Å²) in [6, 6.07) is 0.845. The van der Waals surface area contributed by atoms with E-state index in [1.807, 2.05) is 0 Å². The monoisotopic (exact) mass is 237 g/mol. The summed E-state index contributed by atoms with van der Waals surface area (Å²) in [7, 11) is 0. The van der Waals surface area contributed by atoms with E-state index in [1.54, 1.807) is 0 Å². The highest BCUT2D eigenvalue weighted by molar-refractivity contribution is 5.84. The maximum atomic E-state index is 12.1. The van der Waals surface area contributed by atoms with E-state index in [2.05, 4.69) is 19.2 Å². The fourth-order valence-electron chi connectivity index (χ4n) is 3.42. The van der Waals surface area contributed by atoms with Gasteiger partial charge in [-0.15, -0.1) is 0 Å². The molecule has 1 saturated heterocycles. The zero-order chi connectivity index (χ0) is 12.3. The average Bonchev–Trinajstić information content (AvgIpc) is 2.71. The van der Waals surface area contributed by atoms with Crippen LogP contribution < -0.4 is 5.32 Å². The molecule has 2 rings (SSSR count). The smallest absolute Gasteiger partial charge is 0.149 e. The number of Topliss-reactive ketones (excluding diaryl/α,β-unsaturated/α-hetero) is 1. The Balaban J connectivity index is 1.73. The minimum Gasteiger partial charge on any atom is -0.304 e. The molecule has 1 aliphatic carbocycles. The van der Waals surface area contributed by atoms with Crippen molar-refractivity contribution in [3.8, 4) is 0 Å². The van der Waals surface area contributed by atoms with Gasteiger partial charge in [0, 0.05) is 12.5 Å². The van der Waals surface area contributed by atoms with Crippen LogP contribution in [-0.4, -0.2) is 17.9 Å². The molecule has 2 fully saturated rings. The highest BCUT2D eigenvalue weighted by atomic mass is 16.1. The van der Waals surface area contributed by atoms with Gasteiger partial charge in [0.1, 0.15) is 5.78 Å². The molecule has 17 heavy (non-hydrogen) atoms. The predicted octanol–water partition coefficient (Wildman–Crippen LogP) is 3.30. The number of nitrogens with one attached hydrogen (secondary N) is 1. The first kappa shape index (κ1) is 13.1. The van der Waals surface area contributed by atoms with E-state index in [0.717, 1.165) is 31.1 Å². The van der Waals surface area contributed by atoms with Crippen LogP contribution in [0.5, 0.6) is 0 Å². The van der Waals surface area contributed by atoms with Crippen molar-refractivity contribution < 1.29 is 4.79 Å². The summed E-state index contributed by atoms with van der Waals surface area (Å²) < 4.78 is 0. The topological polar surface area (TPSA) is 29.1 Å². The molecule has 1 N–H and O–H groups in total. The Morgan fingerprint density at radius 3 is 2.76 bits per heavy atom. The molecule has 3 atom stereocenters. The standard InChI is InChI=1S/C15H27NO/c1-11(2)6-5-9-15(17)14-10-12-7-3-4-8-13(12)16-14/h11-14,16H,3-10H2,1-2H3. The third kappa shape index (κ3) is 3.54. The molecule has 0 spiro atoms. The molecule has 0 aromatic carbocycles. The van der Waals surface area contributed by atoms with Crippen molar-refractivity contribution in [3.05, 3.63) is 0 Å². The summed E-state index contributed by atoms with van der Waals surface area (Å²) in [6.45, 7) is 4.46. The van der Waals surface area contributed by atoms with Gasteiger partial charge in [-0.25, -0.2) is 0 Å². The van der Waals surface area contributed by atoms with Crippen LogP contribution >= 0.6 is 0 Å². The molecule has 1 saturated carbocycles. The molecule has 98 valence electrons. The Bertz CT molecular complexity index is 248. The van der Waals surface area contributed by atoms with Crippen LogP contribution in [0.3, 0.4) is 0 Å². The van der Waals surface area contributed by atoms with Crippen LogP contribution in [0.1, 0.15) is 65.2 Å². The number of fused-ring (bicyclic) bond motifs is 1. The first-order chi connectivity index (χ1) is 8.16. The largest absolute Gasteiger partial charge is 0.304 e. The third-order valence-corrected chi connectivity index (χ3v) is 4.46. The lowest BCUT2D eigenvalue weighted by Gasteiger charge is -2.24. The number of ketones is 1. The van der Waals surface area contributed by atoms with E-state index >= 15 is 0 Å². The molecule has 3 unspecified atom stereocenters. The number of carbonyl (C=O) groups is 1. The van der Waals surface area contributed by atoms with Crippen molar-refractivity contribution in [2.45, 2.75) is 77.3 Å². The molecule has 0 radical (unpaired) electrons. The fourth-order valence-corrected chi connectivity index (χ4v) is 3.42. The predicted molar refractivity (Wildman–Crippen MR) is 71.0 cm³/mol. The van der Waals surface area contributed by atoms with Crippen LogP contribution in [-0.2, 0) is 4.79 Å². The molecule has 2 nitrogen and oxygen atoms in total. The Morgan fingerprint density at radius 1 is 1.29 bits per heavy atom. The lowest BCUT2D eigenvalue weighted by molar-refractivity contribution is -0.121. The molecule has 0 aromatic rings. The lowest BCUT2D eigenvalue weighted by atomic mass is 9.84. The van der Waals surface area contributed by atoms with E-state index in [0.29, 0.717) is 11.8 Å². The van der Waals surface area contributed by atoms with E-state index < -0.39 is 0 Å². The van der Waals surface area contributed by atoms with Crippen molar-refractivity contribution in [1.82, 2.24) is 5.32 Å². The van der Waals surface area contributed by atoms with Gasteiger partial charge in [-0.2, -0.15) is 0 Å². The molecule has 0 amide bonds. The molecule has 0 aromatic heterocycles. The minimum absolute atomic E-state index is 0.190. The van der Waals surface area contributed by atoms with E-state index in [4.69, 9.17) is 0 Å². The maximum Gasteiger partial charge on any atom is 0.149 e. The number of rotatable bonds is 5. The Labute approximate surface area is 106 Å². The average molecular weight is 237 g/mol. The maximum absolute atomic E-state index is 12.1. The van der Waals surface area contributed by atoms with Crippen LogP contribution in [0.15, 0.2) is 0 Å². The van der Waals surface area contributed by atoms with E-state index in [1.165, 1.54) is 32.1 Å². The summed E-state index contributed by atoms with van der Waals surface area (Å²) in [6.07, 6.45) is 9.52. The molecule has 2 heteroatoms. The van der Waals surface area contributed by atoms with Crippen molar-refractivity contribution in [3.63, 3.8) is 0 Å². The van der Waals surface area contributed by atoms with Gasteiger partial charge in [0.15, 0.2) is 0 Å². The van der Waals surface area contributed by atoms with Crippen LogP contribution in [0, 0.1) is 11.8 Å². The van der Waals surface area contributed by atoms with E-state index in [-0.39, 0.29) is 6.04 Å². The second-order valence-corrected chi connectivity index (χ2v) is 6.36. The number of carbonyl (C=O) groups excluding carboxylic acids is 1. The van der Waals surface area contributed by atoms with Crippen LogP contribution in [0.4, 0.5) is 0 Å². The quantitative estimate of drug-likeness (QED) is 0.795. The number of hydrogen-bond donors (Lipinski definition) is 1. The Kier molecular flexibility index (Phi) is 4.61. The zero-order valence-electron chi connectivity index (χ0n) is 11.4. The molecule has 2 aliphatic rings. The molecular formula is C15H27NO. The van der Waals surface area contributed by atoms with Gasteiger partial charge >= 0.3 is 0 Å². The van der Waals surface area contributed by atoms with Crippen LogP contribution in [0.25, 0.3) is 0 Å². The third-order valence-electron chi connectivity index (χ3n) is 4.46. The summed E-state index contributed by atoms with van der Waals surface area (Å²) in [5.74, 6) is 1.99. The van der Waals surface area contributed by atoms with Gasteiger partial charge in [-0.1, -0.05) is 33.1 Å². The summed E-state index contributed by atoms with van der Waals surface area (Å²) in [5.41, 5.74) is 0. The van der Waals surface area contributed by atoms with Gasteiger partial charge in [0.25, 0.3) is 0 Å². The molecule has 1 heterocycles. The highest BCUT2D eigenvalue weighted by Gasteiger charge is 2.37. The molecule has 1 aliphatic heterocycles. The van der Waals surface area contributed by atoms with Crippen molar-refractivity contribution in [1.29, 1.82) is 0 Å². The van der Waals surface area contributed by atoms with Gasteiger partial charge in [-0.05, 0) is 37.5 Å². The highest BCUT2D eigenvalue weighted by Crippen LogP contribution is 2.33. The number of hydrogen-bond acceptors (Lipinski definition) is 2. The summed E-state index contributed by atoms with van der Waals surface area (Å²) in [4.78, 5) is 12.1. The second-order valence-electron chi connectivity index (χ2n) is 6.36. The van der Waals surface area contributed by atoms with Gasteiger partial charge in [-0.3, -0.25) is 4.79 Å². The minimum atomic E-state index is 0.190.